The maximum Gasteiger partial charge on any atom is 0.325 e. The number of hydrogen-bond acceptors (Lipinski definition) is 3. The van der Waals surface area contributed by atoms with Crippen LogP contribution < -0.4 is 0 Å². The number of esters is 1. The third kappa shape index (κ3) is 2.59. The minimum Gasteiger partial charge on any atom is -0.459 e. The average Bonchev–Trinajstić information content (AvgIpc) is 2.33. The molecule has 4 heteroatoms. The SMILES string of the molecule is O=C([14CH2]N1CCC1=O)OCc1ccccc1. The van der Waals surface area contributed by atoms with Crippen molar-refractivity contribution in [1.29, 1.82) is 0 Å². The van der Waals surface area contributed by atoms with Crippen molar-refractivity contribution in [2.24, 2.45) is 0 Å². The molecule has 1 heterocycles. The lowest BCUT2D eigenvalue weighted by atomic mass is 10.2. The van der Waals surface area contributed by atoms with Crippen molar-refractivity contribution in [2.75, 3.05) is 13.1 Å². The Morgan fingerprint density at radius 2 is 2.12 bits per heavy atom. The van der Waals surface area contributed by atoms with E-state index >= 15 is 0 Å². The van der Waals surface area contributed by atoms with E-state index in [2.05, 4.69) is 0 Å². The fraction of sp³-hybridized carbons (Fsp3) is 0.333. The predicted molar refractivity (Wildman–Crippen MR) is 57.4 cm³/mol. The van der Waals surface area contributed by atoms with Crippen LogP contribution >= 0.6 is 0 Å². The van der Waals surface area contributed by atoms with Crippen LogP contribution in [0.4, 0.5) is 0 Å². The van der Waals surface area contributed by atoms with Gasteiger partial charge >= 0.3 is 5.97 Å². The molecule has 0 bridgehead atoms. The summed E-state index contributed by atoms with van der Waals surface area (Å²) < 4.78 is 5.05. The number of amides is 1. The second kappa shape index (κ2) is 4.79. The standard InChI is InChI=1S/C12H13NO3/c14-11-6-7-13(11)8-12(15)16-9-10-4-2-1-3-5-10/h1-5H,6-9H2/i8+2. The van der Waals surface area contributed by atoms with Crippen molar-refractivity contribution in [1.82, 2.24) is 4.90 Å². The molecule has 0 spiro atoms. The van der Waals surface area contributed by atoms with Crippen LogP contribution in [-0.2, 0) is 20.9 Å². The molecule has 1 aromatic carbocycles. The number of β-lactam (4-membered cyclic amide) rings is 1. The minimum absolute atomic E-state index is 0.0247. The Bertz CT molecular complexity index is 389. The zero-order chi connectivity index (χ0) is 11.4. The summed E-state index contributed by atoms with van der Waals surface area (Å²) >= 11 is 0. The Morgan fingerprint density at radius 3 is 2.69 bits per heavy atom. The number of ether oxygens (including phenoxy) is 1. The summed E-state index contributed by atoms with van der Waals surface area (Å²) in [6.07, 6.45) is 0.548. The average molecular weight is 221 g/mol. The Balaban J connectivity index is 1.74. The molecule has 0 N–H and O–H groups in total. The quantitative estimate of drug-likeness (QED) is 0.562. The Kier molecular flexibility index (Phi) is 3.19. The Hall–Kier alpha value is -1.84. The van der Waals surface area contributed by atoms with E-state index in [0.717, 1.165) is 5.56 Å². The highest BCUT2D eigenvalue weighted by molar-refractivity contribution is 5.86. The highest BCUT2D eigenvalue weighted by Crippen LogP contribution is 2.08. The van der Waals surface area contributed by atoms with Gasteiger partial charge in [0.05, 0.1) is 0 Å². The van der Waals surface area contributed by atoms with E-state index in [-0.39, 0.29) is 25.0 Å². The van der Waals surface area contributed by atoms with E-state index in [1.54, 1.807) is 0 Å². The number of hydrogen-bond donors (Lipinski definition) is 0. The first-order valence-electron chi connectivity index (χ1n) is 5.23. The second-order valence-electron chi connectivity index (χ2n) is 3.71. The summed E-state index contributed by atoms with van der Waals surface area (Å²) in [4.78, 5) is 23.8. The molecule has 1 amide bonds. The molecule has 0 atom stereocenters. The van der Waals surface area contributed by atoms with Crippen LogP contribution in [0.3, 0.4) is 0 Å². The minimum atomic E-state index is -0.350. The van der Waals surface area contributed by atoms with Crippen LogP contribution in [0.1, 0.15) is 12.0 Å². The van der Waals surface area contributed by atoms with E-state index in [1.807, 2.05) is 30.3 Å². The summed E-state index contributed by atoms with van der Waals surface area (Å²) in [7, 11) is 0. The van der Waals surface area contributed by atoms with Gasteiger partial charge in [-0.2, -0.15) is 0 Å². The van der Waals surface area contributed by atoms with Crippen LogP contribution in [0.15, 0.2) is 30.3 Å². The van der Waals surface area contributed by atoms with Gasteiger partial charge in [-0.25, -0.2) is 0 Å². The molecule has 1 saturated heterocycles. The third-order valence-electron chi connectivity index (χ3n) is 2.51. The number of benzene rings is 1. The highest BCUT2D eigenvalue weighted by atomic mass is 16.6. The molecular weight excluding hydrogens is 208 g/mol. The summed E-state index contributed by atoms with van der Waals surface area (Å²) in [5, 5.41) is 0. The first kappa shape index (κ1) is 10.7. The first-order valence-corrected chi connectivity index (χ1v) is 5.23. The largest absolute Gasteiger partial charge is 0.459 e. The molecule has 0 saturated carbocycles. The number of carbonyl (C=O) groups excluding carboxylic acids is 2. The predicted octanol–water partition coefficient (Wildman–Crippen LogP) is 0.962. The number of nitrogens with zero attached hydrogens (tertiary/aromatic N) is 1. The molecular formula is C12H13NO3. The molecule has 0 unspecified atom stereocenters. The van der Waals surface area contributed by atoms with Gasteiger partial charge in [0, 0.05) is 13.0 Å². The molecule has 2 rings (SSSR count). The summed E-state index contributed by atoms with van der Waals surface area (Å²) in [5.41, 5.74) is 0.950. The molecule has 0 aromatic heterocycles. The van der Waals surface area contributed by atoms with Crippen molar-refractivity contribution in [3.63, 3.8) is 0 Å². The summed E-state index contributed by atoms with van der Waals surface area (Å²) in [6, 6.07) is 9.47. The lowest BCUT2D eigenvalue weighted by Crippen LogP contribution is -2.46. The van der Waals surface area contributed by atoms with Gasteiger partial charge in [0.15, 0.2) is 0 Å². The molecule has 4 nitrogen and oxygen atoms in total. The normalized spacial score (nSPS) is 14.5. The number of rotatable bonds is 4. The van der Waals surface area contributed by atoms with Crippen LogP contribution in [-0.4, -0.2) is 29.9 Å². The van der Waals surface area contributed by atoms with E-state index in [0.29, 0.717) is 13.0 Å². The summed E-state index contributed by atoms with van der Waals surface area (Å²) in [6.45, 7) is 1.01. The van der Waals surface area contributed by atoms with Crippen LogP contribution in [0.5, 0.6) is 0 Å². The van der Waals surface area contributed by atoms with Crippen LogP contribution in [0, 0.1) is 0 Å². The molecule has 16 heavy (non-hydrogen) atoms. The van der Waals surface area contributed by atoms with Gasteiger partial charge in [0.25, 0.3) is 0 Å². The van der Waals surface area contributed by atoms with Gasteiger partial charge < -0.3 is 9.64 Å². The first-order chi connectivity index (χ1) is 7.75. The lowest BCUT2D eigenvalue weighted by Gasteiger charge is -2.29. The Morgan fingerprint density at radius 1 is 1.38 bits per heavy atom. The fourth-order valence-electron chi connectivity index (χ4n) is 1.47. The molecule has 1 fully saturated rings. The zero-order valence-electron chi connectivity index (χ0n) is 8.89. The van der Waals surface area contributed by atoms with E-state index in [4.69, 9.17) is 4.74 Å². The van der Waals surface area contributed by atoms with Crippen LogP contribution in [0.2, 0.25) is 0 Å². The zero-order valence-corrected chi connectivity index (χ0v) is 8.89. The van der Waals surface area contributed by atoms with E-state index in [1.165, 1.54) is 4.90 Å². The third-order valence-corrected chi connectivity index (χ3v) is 2.51. The maximum atomic E-state index is 11.3. The molecule has 1 aliphatic rings. The van der Waals surface area contributed by atoms with Gasteiger partial charge in [0.1, 0.15) is 13.2 Å². The van der Waals surface area contributed by atoms with Crippen molar-refractivity contribution in [3.8, 4) is 0 Å². The fourth-order valence-corrected chi connectivity index (χ4v) is 1.47. The van der Waals surface area contributed by atoms with E-state index in [9.17, 15) is 9.59 Å². The molecule has 1 aromatic rings. The van der Waals surface area contributed by atoms with Crippen molar-refractivity contribution >= 4 is 11.9 Å². The van der Waals surface area contributed by atoms with Gasteiger partial charge in [-0.1, -0.05) is 30.3 Å². The van der Waals surface area contributed by atoms with Gasteiger partial charge in [-0.3, -0.25) is 9.59 Å². The number of likely N-dealkylation sites (tertiary alicyclic amines) is 1. The second-order valence-corrected chi connectivity index (χ2v) is 3.71. The van der Waals surface area contributed by atoms with Crippen molar-refractivity contribution < 1.29 is 14.3 Å². The Labute approximate surface area is 93.8 Å². The van der Waals surface area contributed by atoms with E-state index < -0.39 is 0 Å². The monoisotopic (exact) mass is 221 g/mol. The summed E-state index contributed by atoms with van der Waals surface area (Å²) in [5.74, 6) is -0.325. The van der Waals surface area contributed by atoms with Gasteiger partial charge in [0.2, 0.25) is 5.91 Å². The van der Waals surface area contributed by atoms with Crippen LogP contribution in [0.25, 0.3) is 0 Å². The van der Waals surface area contributed by atoms with Crippen molar-refractivity contribution in [2.45, 2.75) is 13.0 Å². The topological polar surface area (TPSA) is 46.6 Å². The molecule has 0 radical (unpaired) electrons. The molecule has 1 aliphatic heterocycles. The lowest BCUT2D eigenvalue weighted by molar-refractivity contribution is -0.154. The van der Waals surface area contributed by atoms with Gasteiger partial charge in [-0.05, 0) is 5.56 Å². The van der Waals surface area contributed by atoms with Gasteiger partial charge in [-0.15, -0.1) is 0 Å². The highest BCUT2D eigenvalue weighted by Gasteiger charge is 2.25. The van der Waals surface area contributed by atoms with Crippen molar-refractivity contribution in [3.05, 3.63) is 35.9 Å². The maximum absolute atomic E-state index is 11.3. The molecule has 84 valence electrons. The number of carbonyl (C=O) groups is 2. The molecule has 0 aliphatic carbocycles. The smallest absolute Gasteiger partial charge is 0.325 e.